The molecule has 1 aliphatic carbocycles. The Balaban J connectivity index is 2.09. The zero-order chi connectivity index (χ0) is 9.26. The molecule has 0 unspecified atom stereocenters. The third-order valence-corrected chi connectivity index (χ3v) is 2.78. The molecule has 1 atom stereocenters. The first-order valence-electron chi connectivity index (χ1n) is 4.78. The van der Waals surface area contributed by atoms with Crippen molar-refractivity contribution in [2.45, 2.75) is 31.8 Å². The van der Waals surface area contributed by atoms with Crippen LogP contribution in [0.25, 0.3) is 0 Å². The molecule has 1 fully saturated rings. The molecule has 70 valence electrons. The van der Waals surface area contributed by atoms with Crippen LogP contribution in [-0.2, 0) is 0 Å². The van der Waals surface area contributed by atoms with Gasteiger partial charge in [-0.3, -0.25) is 0 Å². The van der Waals surface area contributed by atoms with Crippen molar-refractivity contribution in [2.24, 2.45) is 0 Å². The van der Waals surface area contributed by atoms with Gasteiger partial charge in [0.15, 0.2) is 0 Å². The molecule has 1 aliphatic rings. The van der Waals surface area contributed by atoms with Crippen LogP contribution < -0.4 is 5.32 Å². The second kappa shape index (κ2) is 3.69. The van der Waals surface area contributed by atoms with Gasteiger partial charge in [-0.25, -0.2) is 0 Å². The minimum Gasteiger partial charge on any atom is -0.307 e. The lowest BCUT2D eigenvalue weighted by molar-refractivity contribution is 0.571. The lowest BCUT2D eigenvalue weighted by atomic mass is 10.1. The Kier molecular flexibility index (Phi) is 2.56. The smallest absolute Gasteiger partial charge is 0.0453 e. The molecule has 1 N–H and O–H groups in total. The Morgan fingerprint density at radius 3 is 2.69 bits per heavy atom. The summed E-state index contributed by atoms with van der Waals surface area (Å²) in [5, 5.41) is 4.39. The van der Waals surface area contributed by atoms with Crippen LogP contribution in [-0.4, -0.2) is 6.04 Å². The van der Waals surface area contributed by atoms with E-state index in [4.69, 9.17) is 11.6 Å². The van der Waals surface area contributed by atoms with Gasteiger partial charge >= 0.3 is 0 Å². The van der Waals surface area contributed by atoms with Gasteiger partial charge in [0, 0.05) is 17.1 Å². The van der Waals surface area contributed by atoms with Gasteiger partial charge in [-0.1, -0.05) is 29.8 Å². The topological polar surface area (TPSA) is 12.0 Å². The summed E-state index contributed by atoms with van der Waals surface area (Å²) in [6, 6.07) is 9.14. The maximum atomic E-state index is 6.08. The maximum Gasteiger partial charge on any atom is 0.0453 e. The molecule has 1 saturated carbocycles. The van der Waals surface area contributed by atoms with Gasteiger partial charge in [0.2, 0.25) is 0 Å². The molecule has 0 heterocycles. The summed E-state index contributed by atoms with van der Waals surface area (Å²) < 4.78 is 0. The first-order chi connectivity index (χ1) is 6.27. The summed E-state index contributed by atoms with van der Waals surface area (Å²) >= 11 is 6.08. The fraction of sp³-hybridized carbons (Fsp3) is 0.455. The second-order valence-corrected chi connectivity index (χ2v) is 4.09. The van der Waals surface area contributed by atoms with Crippen LogP contribution >= 0.6 is 11.6 Å². The van der Waals surface area contributed by atoms with E-state index in [0.717, 1.165) is 11.1 Å². The molecule has 2 heteroatoms. The number of hydrogen-bond donors (Lipinski definition) is 1. The van der Waals surface area contributed by atoms with Crippen molar-refractivity contribution < 1.29 is 0 Å². The zero-order valence-corrected chi connectivity index (χ0v) is 8.51. The summed E-state index contributed by atoms with van der Waals surface area (Å²) in [6.45, 7) is 2.17. The van der Waals surface area contributed by atoms with Crippen molar-refractivity contribution in [1.82, 2.24) is 5.32 Å². The molecule has 0 radical (unpaired) electrons. The minimum atomic E-state index is 0.376. The van der Waals surface area contributed by atoms with Crippen LogP contribution in [0.2, 0.25) is 5.02 Å². The van der Waals surface area contributed by atoms with E-state index in [9.17, 15) is 0 Å². The van der Waals surface area contributed by atoms with Crippen molar-refractivity contribution in [3.8, 4) is 0 Å². The van der Waals surface area contributed by atoms with Crippen LogP contribution in [0, 0.1) is 0 Å². The molecule has 1 aromatic rings. The Morgan fingerprint density at radius 2 is 2.08 bits per heavy atom. The van der Waals surface area contributed by atoms with Gasteiger partial charge in [0.25, 0.3) is 0 Å². The first kappa shape index (κ1) is 9.04. The summed E-state index contributed by atoms with van der Waals surface area (Å²) in [4.78, 5) is 0. The summed E-state index contributed by atoms with van der Waals surface area (Å²) in [5.41, 5.74) is 1.20. The number of hydrogen-bond acceptors (Lipinski definition) is 1. The lowest BCUT2D eigenvalue weighted by Gasteiger charge is -2.14. The molecule has 0 bridgehead atoms. The van der Waals surface area contributed by atoms with E-state index in [1.807, 2.05) is 18.2 Å². The van der Waals surface area contributed by atoms with Crippen molar-refractivity contribution in [1.29, 1.82) is 0 Å². The normalized spacial score (nSPS) is 18.6. The molecule has 0 spiro atoms. The van der Waals surface area contributed by atoms with Crippen LogP contribution in [0.4, 0.5) is 0 Å². The maximum absolute atomic E-state index is 6.08. The van der Waals surface area contributed by atoms with E-state index in [0.29, 0.717) is 6.04 Å². The van der Waals surface area contributed by atoms with E-state index < -0.39 is 0 Å². The van der Waals surface area contributed by atoms with E-state index >= 15 is 0 Å². The van der Waals surface area contributed by atoms with Crippen LogP contribution in [0.1, 0.15) is 31.4 Å². The van der Waals surface area contributed by atoms with E-state index in [1.54, 1.807) is 0 Å². The van der Waals surface area contributed by atoms with Crippen molar-refractivity contribution in [3.63, 3.8) is 0 Å². The molecule has 1 aromatic carbocycles. The summed E-state index contributed by atoms with van der Waals surface area (Å²) in [6.07, 6.45) is 2.63. The number of benzene rings is 1. The van der Waals surface area contributed by atoms with Gasteiger partial charge < -0.3 is 5.32 Å². The summed E-state index contributed by atoms with van der Waals surface area (Å²) in [7, 11) is 0. The molecule has 13 heavy (non-hydrogen) atoms. The predicted octanol–water partition coefficient (Wildman–Crippen LogP) is 3.15. The Labute approximate surface area is 84.1 Å². The highest BCUT2D eigenvalue weighted by Gasteiger charge is 2.23. The number of rotatable bonds is 3. The van der Waals surface area contributed by atoms with Gasteiger partial charge in [-0.15, -0.1) is 0 Å². The van der Waals surface area contributed by atoms with Crippen molar-refractivity contribution in [2.75, 3.05) is 0 Å². The third-order valence-electron chi connectivity index (χ3n) is 2.43. The second-order valence-electron chi connectivity index (χ2n) is 3.68. The van der Waals surface area contributed by atoms with Gasteiger partial charge in [-0.05, 0) is 31.4 Å². The highest BCUT2D eigenvalue weighted by Crippen LogP contribution is 2.27. The van der Waals surface area contributed by atoms with Gasteiger partial charge in [0.05, 0.1) is 0 Å². The monoisotopic (exact) mass is 195 g/mol. The first-order valence-corrected chi connectivity index (χ1v) is 5.15. The van der Waals surface area contributed by atoms with Gasteiger partial charge in [-0.2, -0.15) is 0 Å². The predicted molar refractivity (Wildman–Crippen MR) is 56.0 cm³/mol. The molecule has 2 rings (SSSR count). The third kappa shape index (κ3) is 2.23. The van der Waals surface area contributed by atoms with Crippen LogP contribution in [0.5, 0.6) is 0 Å². The highest BCUT2D eigenvalue weighted by molar-refractivity contribution is 6.31. The fourth-order valence-corrected chi connectivity index (χ4v) is 1.82. The average molecular weight is 196 g/mol. The lowest BCUT2D eigenvalue weighted by Crippen LogP contribution is -2.20. The number of halogens is 1. The molecular weight excluding hydrogens is 182 g/mol. The largest absolute Gasteiger partial charge is 0.307 e. The summed E-state index contributed by atoms with van der Waals surface area (Å²) in [5.74, 6) is 0. The zero-order valence-electron chi connectivity index (χ0n) is 7.76. The molecule has 1 nitrogen and oxygen atoms in total. The Hall–Kier alpha value is -0.530. The molecule has 0 aromatic heterocycles. The number of nitrogens with one attached hydrogen (secondary N) is 1. The highest BCUT2D eigenvalue weighted by atomic mass is 35.5. The van der Waals surface area contributed by atoms with E-state index in [1.165, 1.54) is 18.4 Å². The minimum absolute atomic E-state index is 0.376. The van der Waals surface area contributed by atoms with Crippen molar-refractivity contribution >= 4 is 11.6 Å². The van der Waals surface area contributed by atoms with Gasteiger partial charge in [0.1, 0.15) is 0 Å². The molecule has 0 amide bonds. The molecule has 0 saturated heterocycles. The van der Waals surface area contributed by atoms with Crippen LogP contribution in [0.3, 0.4) is 0 Å². The van der Waals surface area contributed by atoms with E-state index in [2.05, 4.69) is 18.3 Å². The molecule has 0 aliphatic heterocycles. The van der Waals surface area contributed by atoms with Crippen molar-refractivity contribution in [3.05, 3.63) is 34.9 Å². The average Bonchev–Trinajstić information content (AvgIpc) is 2.89. The standard InChI is InChI=1S/C11H14ClN/c1-8(13-9-6-7-9)10-4-2-3-5-11(10)12/h2-5,8-9,13H,6-7H2,1H3/t8-/m0/s1. The Morgan fingerprint density at radius 1 is 1.38 bits per heavy atom. The van der Waals surface area contributed by atoms with E-state index in [-0.39, 0.29) is 0 Å². The van der Waals surface area contributed by atoms with Crippen LogP contribution in [0.15, 0.2) is 24.3 Å². The quantitative estimate of drug-likeness (QED) is 0.782. The SMILES string of the molecule is C[C@H](NC1CC1)c1ccccc1Cl. The Bertz CT molecular complexity index is 294. The molecular formula is C11H14ClN. The fourth-order valence-electron chi connectivity index (χ4n) is 1.52.